The minimum atomic E-state index is -4.95. The highest BCUT2D eigenvalue weighted by Gasteiger charge is 2.33. The van der Waals surface area contributed by atoms with Crippen LogP contribution in [0.25, 0.3) is 0 Å². The summed E-state index contributed by atoms with van der Waals surface area (Å²) >= 11 is 0. The van der Waals surface area contributed by atoms with E-state index in [9.17, 15) is 22.4 Å². The largest absolute Gasteiger partial charge is 0.573 e. The molecule has 2 aromatic heterocycles. The molecule has 0 aliphatic carbocycles. The molecule has 4 rings (SSSR count). The number of aryl methyl sites for hydroxylation is 1. The zero-order chi connectivity index (χ0) is 25.0. The lowest BCUT2D eigenvalue weighted by Gasteiger charge is -2.22. The maximum atomic E-state index is 13.9. The van der Waals surface area contributed by atoms with E-state index in [0.717, 1.165) is 12.1 Å². The number of carbonyl (C=O) groups excluding carboxylic acids is 1. The molecule has 8 nitrogen and oxygen atoms in total. The Morgan fingerprint density at radius 2 is 2.00 bits per heavy atom. The summed E-state index contributed by atoms with van der Waals surface area (Å²) in [5.74, 6) is -1.89. The minimum absolute atomic E-state index is 0.00430. The number of aromatic nitrogens is 2. The van der Waals surface area contributed by atoms with Crippen LogP contribution in [0.5, 0.6) is 17.4 Å². The van der Waals surface area contributed by atoms with Gasteiger partial charge in [-0.1, -0.05) is 0 Å². The second-order valence-corrected chi connectivity index (χ2v) is 7.24. The molecule has 0 saturated heterocycles. The molecule has 2 N–H and O–H groups in total. The quantitative estimate of drug-likeness (QED) is 0.495. The van der Waals surface area contributed by atoms with Crippen LogP contribution in [0.4, 0.5) is 17.6 Å². The first-order valence-corrected chi connectivity index (χ1v) is 10.1. The summed E-state index contributed by atoms with van der Waals surface area (Å²) in [6.07, 6.45) is 1.94. The number of hydrogen-bond acceptors (Lipinski definition) is 7. The van der Waals surface area contributed by atoms with Gasteiger partial charge in [0.15, 0.2) is 5.82 Å². The van der Waals surface area contributed by atoms with Crippen molar-refractivity contribution in [3.63, 3.8) is 0 Å². The third-order valence-electron chi connectivity index (χ3n) is 4.77. The molecule has 0 bridgehead atoms. The Balaban J connectivity index is 1.55. The number of aliphatic imine (C=N–C) groups is 1. The number of nitrogens with zero attached hydrogens (tertiary/aromatic N) is 3. The van der Waals surface area contributed by atoms with Crippen molar-refractivity contribution in [2.75, 3.05) is 0 Å². The van der Waals surface area contributed by atoms with Crippen LogP contribution in [0.15, 0.2) is 72.0 Å². The van der Waals surface area contributed by atoms with E-state index in [1.807, 2.05) is 0 Å². The van der Waals surface area contributed by atoms with Crippen molar-refractivity contribution in [2.45, 2.75) is 19.3 Å². The molecule has 12 heteroatoms. The highest BCUT2D eigenvalue weighted by Crippen LogP contribution is 2.35. The zero-order valence-electron chi connectivity index (χ0n) is 18.0. The molecule has 1 unspecified atom stereocenters. The fourth-order valence-electron chi connectivity index (χ4n) is 3.14. The molecule has 1 aliphatic rings. The number of alkyl halides is 3. The number of hydrogen-bond donors (Lipinski definition) is 2. The fraction of sp³-hybridized carbons (Fsp3) is 0.130. The zero-order valence-corrected chi connectivity index (χ0v) is 18.0. The third kappa shape index (κ3) is 5.91. The molecular formula is C23H17F4N5O3. The highest BCUT2D eigenvalue weighted by molar-refractivity contribution is 5.96. The van der Waals surface area contributed by atoms with Gasteiger partial charge in [0.1, 0.15) is 17.3 Å². The molecule has 1 amide bonds. The summed E-state index contributed by atoms with van der Waals surface area (Å²) in [4.78, 5) is 24.2. The van der Waals surface area contributed by atoms with E-state index in [1.54, 1.807) is 19.2 Å². The van der Waals surface area contributed by atoms with Gasteiger partial charge in [-0.3, -0.25) is 9.78 Å². The van der Waals surface area contributed by atoms with Crippen LogP contribution in [0.2, 0.25) is 0 Å². The SMILES string of the molecule is Cc1ccncc1C(=O)NC1=CNC(c2cc(Oc3ncccc3F)ccc2OC(F)(F)F)C=N1. The second kappa shape index (κ2) is 9.79. The third-order valence-corrected chi connectivity index (χ3v) is 4.77. The van der Waals surface area contributed by atoms with Crippen LogP contribution in [-0.4, -0.2) is 28.5 Å². The Morgan fingerprint density at radius 3 is 2.69 bits per heavy atom. The molecule has 0 radical (unpaired) electrons. The van der Waals surface area contributed by atoms with Crippen molar-refractivity contribution in [3.8, 4) is 17.4 Å². The van der Waals surface area contributed by atoms with Crippen LogP contribution < -0.4 is 20.1 Å². The topological polar surface area (TPSA) is 97.7 Å². The molecule has 0 saturated carbocycles. The van der Waals surface area contributed by atoms with E-state index in [-0.39, 0.29) is 23.0 Å². The van der Waals surface area contributed by atoms with Crippen LogP contribution >= 0.6 is 0 Å². The molecule has 1 aliphatic heterocycles. The average Bonchev–Trinajstić information content (AvgIpc) is 2.81. The Hall–Kier alpha value is -4.48. The maximum absolute atomic E-state index is 13.9. The van der Waals surface area contributed by atoms with Gasteiger partial charge in [0.05, 0.1) is 11.6 Å². The molecular weight excluding hydrogens is 470 g/mol. The standard InChI is InChI=1S/C23H17F4N5O3/c1-13-6-8-28-10-16(13)21(33)32-20-12-30-18(11-31-20)15-9-14(4-5-19(15)35-23(25,26)27)34-22-17(24)3-2-7-29-22/h2-12,18,30H,1H3,(H,32,33). The van der Waals surface area contributed by atoms with E-state index in [0.29, 0.717) is 11.1 Å². The Kier molecular flexibility index (Phi) is 6.62. The molecule has 3 heterocycles. The van der Waals surface area contributed by atoms with E-state index in [2.05, 4.69) is 30.3 Å². The smallest absolute Gasteiger partial charge is 0.436 e. The van der Waals surface area contributed by atoms with Gasteiger partial charge in [0.25, 0.3) is 11.8 Å². The second-order valence-electron chi connectivity index (χ2n) is 7.24. The molecule has 180 valence electrons. The summed E-state index contributed by atoms with van der Waals surface area (Å²) in [7, 11) is 0. The number of pyridine rings is 2. The van der Waals surface area contributed by atoms with Gasteiger partial charge in [-0.05, 0) is 48.9 Å². The first-order chi connectivity index (χ1) is 16.7. The minimum Gasteiger partial charge on any atom is -0.436 e. The normalized spacial score (nSPS) is 15.1. The number of nitrogens with one attached hydrogen (secondary N) is 2. The van der Waals surface area contributed by atoms with E-state index < -0.39 is 29.9 Å². The van der Waals surface area contributed by atoms with Crippen LogP contribution in [0.1, 0.15) is 27.5 Å². The van der Waals surface area contributed by atoms with E-state index in [1.165, 1.54) is 43.0 Å². The van der Waals surface area contributed by atoms with Gasteiger partial charge in [-0.15, -0.1) is 13.2 Å². The predicted molar refractivity (Wildman–Crippen MR) is 116 cm³/mol. The monoisotopic (exact) mass is 487 g/mol. The highest BCUT2D eigenvalue weighted by atomic mass is 19.4. The summed E-state index contributed by atoms with van der Waals surface area (Å²) in [6, 6.07) is 6.77. The van der Waals surface area contributed by atoms with Crippen molar-refractivity contribution in [1.29, 1.82) is 0 Å². The van der Waals surface area contributed by atoms with Crippen LogP contribution in [0, 0.1) is 12.7 Å². The summed E-state index contributed by atoms with van der Waals surface area (Å²) < 4.78 is 62.3. The van der Waals surface area contributed by atoms with Crippen molar-refractivity contribution in [1.82, 2.24) is 20.6 Å². The van der Waals surface area contributed by atoms with E-state index in [4.69, 9.17) is 4.74 Å². The van der Waals surface area contributed by atoms with Crippen molar-refractivity contribution < 1.29 is 31.8 Å². The lowest BCUT2D eigenvalue weighted by atomic mass is 10.1. The van der Waals surface area contributed by atoms with Gasteiger partial charge < -0.3 is 20.1 Å². The summed E-state index contributed by atoms with van der Waals surface area (Å²) in [5, 5.41) is 5.44. The average molecular weight is 487 g/mol. The molecule has 0 fully saturated rings. The predicted octanol–water partition coefficient (Wildman–Crippen LogP) is 4.56. The van der Waals surface area contributed by atoms with Gasteiger partial charge in [-0.25, -0.2) is 14.4 Å². The van der Waals surface area contributed by atoms with Gasteiger partial charge in [0, 0.05) is 36.6 Å². The number of halogens is 4. The molecule has 3 aromatic rings. The van der Waals surface area contributed by atoms with Crippen molar-refractivity contribution in [2.24, 2.45) is 4.99 Å². The molecule has 1 aromatic carbocycles. The number of carbonyl (C=O) groups is 1. The van der Waals surface area contributed by atoms with Crippen LogP contribution in [0.3, 0.4) is 0 Å². The Bertz CT molecular complexity index is 1310. The van der Waals surface area contributed by atoms with Gasteiger partial charge >= 0.3 is 6.36 Å². The molecule has 0 spiro atoms. The van der Waals surface area contributed by atoms with Gasteiger partial charge in [0.2, 0.25) is 0 Å². The van der Waals surface area contributed by atoms with Crippen molar-refractivity contribution in [3.05, 3.63) is 89.5 Å². The Labute approximate surface area is 196 Å². The number of benzene rings is 1. The molecule has 35 heavy (non-hydrogen) atoms. The van der Waals surface area contributed by atoms with Crippen molar-refractivity contribution >= 4 is 12.1 Å². The van der Waals surface area contributed by atoms with E-state index >= 15 is 0 Å². The first kappa shape index (κ1) is 23.7. The summed E-state index contributed by atoms with van der Waals surface area (Å²) in [5.41, 5.74) is 1.06. The number of ether oxygens (including phenoxy) is 2. The first-order valence-electron chi connectivity index (χ1n) is 10.1. The van der Waals surface area contributed by atoms with Crippen LogP contribution in [-0.2, 0) is 0 Å². The summed E-state index contributed by atoms with van der Waals surface area (Å²) in [6.45, 7) is 1.75. The fourth-order valence-corrected chi connectivity index (χ4v) is 3.14. The Morgan fingerprint density at radius 1 is 1.17 bits per heavy atom. The lowest BCUT2D eigenvalue weighted by Crippen LogP contribution is -2.29. The number of rotatable bonds is 6. The van der Waals surface area contributed by atoms with Gasteiger partial charge in [-0.2, -0.15) is 0 Å². The lowest BCUT2D eigenvalue weighted by molar-refractivity contribution is -0.274. The maximum Gasteiger partial charge on any atom is 0.573 e. The molecule has 1 atom stereocenters. The number of amides is 1.